The lowest BCUT2D eigenvalue weighted by molar-refractivity contribution is 0.215. The third-order valence-corrected chi connectivity index (χ3v) is 3.22. The molecule has 1 atom stereocenters. The van der Waals surface area contributed by atoms with Crippen molar-refractivity contribution < 1.29 is 9.13 Å². The Labute approximate surface area is 112 Å². The van der Waals surface area contributed by atoms with Crippen molar-refractivity contribution in [3.8, 4) is 0 Å². The number of ether oxygens (including phenoxy) is 1. The van der Waals surface area contributed by atoms with Crippen LogP contribution >= 0.6 is 11.6 Å². The normalized spacial score (nSPS) is 16.3. The first-order valence-corrected chi connectivity index (χ1v) is 6.61. The molecule has 1 aromatic carbocycles. The van der Waals surface area contributed by atoms with Gasteiger partial charge in [-0.1, -0.05) is 24.6 Å². The lowest BCUT2D eigenvalue weighted by Crippen LogP contribution is -2.24. The minimum atomic E-state index is -0.320. The molecule has 0 saturated carbocycles. The van der Waals surface area contributed by atoms with E-state index in [0.717, 1.165) is 30.7 Å². The monoisotopic (exact) mass is 269 g/mol. The molecule has 18 heavy (non-hydrogen) atoms. The first-order valence-electron chi connectivity index (χ1n) is 6.23. The Balaban J connectivity index is 2.26. The highest BCUT2D eigenvalue weighted by atomic mass is 35.5. The van der Waals surface area contributed by atoms with Crippen LogP contribution in [0, 0.1) is 5.82 Å². The molecule has 1 N–H and O–H groups in total. The van der Waals surface area contributed by atoms with Gasteiger partial charge in [0, 0.05) is 11.4 Å². The van der Waals surface area contributed by atoms with Crippen LogP contribution in [0.15, 0.2) is 30.0 Å². The highest BCUT2D eigenvalue weighted by Gasteiger charge is 2.22. The fraction of sp³-hybridized carbons (Fsp3) is 0.429. The summed E-state index contributed by atoms with van der Waals surface area (Å²) in [6.45, 7) is 3.66. The van der Waals surface area contributed by atoms with E-state index in [1.54, 1.807) is 6.07 Å². The molecule has 1 aliphatic heterocycles. The van der Waals surface area contributed by atoms with Crippen molar-refractivity contribution in [2.24, 2.45) is 0 Å². The van der Waals surface area contributed by atoms with Crippen LogP contribution < -0.4 is 5.32 Å². The lowest BCUT2D eigenvalue weighted by atomic mass is 10.0. The molecule has 0 amide bonds. The molecule has 1 heterocycles. The molecule has 0 radical (unpaired) electrons. The van der Waals surface area contributed by atoms with Crippen molar-refractivity contribution in [2.75, 3.05) is 13.2 Å². The minimum Gasteiger partial charge on any atom is -0.496 e. The molecular formula is C14H17ClFNO. The second-order valence-electron chi connectivity index (χ2n) is 4.30. The summed E-state index contributed by atoms with van der Waals surface area (Å²) in [5.74, 6) is 0.566. The summed E-state index contributed by atoms with van der Waals surface area (Å²) < 4.78 is 18.7. The fourth-order valence-electron chi connectivity index (χ4n) is 2.03. The Morgan fingerprint density at radius 3 is 2.94 bits per heavy atom. The quantitative estimate of drug-likeness (QED) is 0.877. The van der Waals surface area contributed by atoms with E-state index < -0.39 is 0 Å². The average Bonchev–Trinajstić information content (AvgIpc) is 2.85. The van der Waals surface area contributed by atoms with Crippen molar-refractivity contribution in [3.63, 3.8) is 0 Å². The second-order valence-corrected chi connectivity index (χ2v) is 4.70. The SMILES string of the molecule is CCCNC(C1=CCCO1)c1ccc(F)cc1Cl. The van der Waals surface area contributed by atoms with Gasteiger partial charge >= 0.3 is 0 Å². The third kappa shape index (κ3) is 3.03. The van der Waals surface area contributed by atoms with Gasteiger partial charge in [0.2, 0.25) is 0 Å². The number of nitrogens with one attached hydrogen (secondary N) is 1. The van der Waals surface area contributed by atoms with Crippen LogP contribution in [0.5, 0.6) is 0 Å². The molecule has 2 nitrogen and oxygen atoms in total. The number of halogens is 2. The molecule has 0 spiro atoms. The molecule has 0 aliphatic carbocycles. The molecule has 1 aliphatic rings. The lowest BCUT2D eigenvalue weighted by Gasteiger charge is -2.21. The first kappa shape index (κ1) is 13.4. The smallest absolute Gasteiger partial charge is 0.124 e. The third-order valence-electron chi connectivity index (χ3n) is 2.89. The van der Waals surface area contributed by atoms with Crippen LogP contribution in [0.25, 0.3) is 0 Å². The topological polar surface area (TPSA) is 21.3 Å². The van der Waals surface area contributed by atoms with E-state index in [1.165, 1.54) is 12.1 Å². The van der Waals surface area contributed by atoms with Crippen molar-refractivity contribution in [2.45, 2.75) is 25.8 Å². The molecule has 0 saturated heterocycles. The minimum absolute atomic E-state index is 0.0828. The van der Waals surface area contributed by atoms with Gasteiger partial charge in [-0.2, -0.15) is 0 Å². The van der Waals surface area contributed by atoms with Crippen LogP contribution in [0.2, 0.25) is 5.02 Å². The maximum absolute atomic E-state index is 13.1. The zero-order valence-electron chi connectivity index (χ0n) is 10.4. The second kappa shape index (κ2) is 6.21. The Morgan fingerprint density at radius 2 is 2.33 bits per heavy atom. The molecule has 0 bridgehead atoms. The number of hydrogen-bond donors (Lipinski definition) is 1. The Morgan fingerprint density at radius 1 is 1.50 bits per heavy atom. The van der Waals surface area contributed by atoms with E-state index in [2.05, 4.69) is 18.3 Å². The van der Waals surface area contributed by atoms with Crippen LogP contribution in [0.3, 0.4) is 0 Å². The number of hydrogen-bond acceptors (Lipinski definition) is 2. The molecule has 2 rings (SSSR count). The van der Waals surface area contributed by atoms with Crippen LogP contribution in [-0.2, 0) is 4.74 Å². The maximum atomic E-state index is 13.1. The van der Waals surface area contributed by atoms with Gasteiger partial charge in [-0.3, -0.25) is 0 Å². The van der Waals surface area contributed by atoms with Gasteiger partial charge in [0.15, 0.2) is 0 Å². The van der Waals surface area contributed by atoms with E-state index in [1.807, 2.05) is 0 Å². The molecule has 4 heteroatoms. The van der Waals surface area contributed by atoms with Gasteiger partial charge in [-0.25, -0.2) is 4.39 Å². The standard InChI is InChI=1S/C14H17ClFNO/c1-2-7-17-14(13-4-3-8-18-13)11-6-5-10(16)9-12(11)15/h4-6,9,14,17H,2-3,7-8H2,1H3. The molecule has 1 unspecified atom stereocenters. The van der Waals surface area contributed by atoms with Crippen LogP contribution in [0.1, 0.15) is 31.4 Å². The molecule has 0 fully saturated rings. The van der Waals surface area contributed by atoms with Gasteiger partial charge in [-0.15, -0.1) is 0 Å². The summed E-state index contributed by atoms with van der Waals surface area (Å²) in [5, 5.41) is 3.82. The predicted molar refractivity (Wildman–Crippen MR) is 71.1 cm³/mol. The maximum Gasteiger partial charge on any atom is 0.124 e. The van der Waals surface area contributed by atoms with E-state index >= 15 is 0 Å². The van der Waals surface area contributed by atoms with E-state index in [-0.39, 0.29) is 11.9 Å². The summed E-state index contributed by atoms with van der Waals surface area (Å²) in [5.41, 5.74) is 0.861. The largest absolute Gasteiger partial charge is 0.496 e. The van der Waals surface area contributed by atoms with Gasteiger partial charge in [0.25, 0.3) is 0 Å². The van der Waals surface area contributed by atoms with Crippen molar-refractivity contribution >= 4 is 11.6 Å². The van der Waals surface area contributed by atoms with Crippen molar-refractivity contribution in [1.29, 1.82) is 0 Å². The van der Waals surface area contributed by atoms with E-state index in [0.29, 0.717) is 11.6 Å². The number of rotatable bonds is 5. The molecular weight excluding hydrogens is 253 g/mol. The fourth-order valence-corrected chi connectivity index (χ4v) is 2.30. The summed E-state index contributed by atoms with van der Waals surface area (Å²) in [4.78, 5) is 0. The first-order chi connectivity index (χ1) is 8.72. The highest BCUT2D eigenvalue weighted by molar-refractivity contribution is 6.31. The summed E-state index contributed by atoms with van der Waals surface area (Å²) in [7, 11) is 0. The van der Waals surface area contributed by atoms with Gasteiger partial charge < -0.3 is 10.1 Å². The van der Waals surface area contributed by atoms with Crippen LogP contribution in [-0.4, -0.2) is 13.2 Å². The zero-order valence-corrected chi connectivity index (χ0v) is 11.1. The average molecular weight is 270 g/mol. The predicted octanol–water partition coefficient (Wildman–Crippen LogP) is 3.82. The van der Waals surface area contributed by atoms with Gasteiger partial charge in [0.05, 0.1) is 12.6 Å². The van der Waals surface area contributed by atoms with E-state index in [4.69, 9.17) is 16.3 Å². The van der Waals surface area contributed by atoms with Crippen LogP contribution in [0.4, 0.5) is 4.39 Å². The highest BCUT2D eigenvalue weighted by Crippen LogP contribution is 2.31. The Bertz CT molecular complexity index is 447. The number of benzene rings is 1. The zero-order chi connectivity index (χ0) is 13.0. The van der Waals surface area contributed by atoms with Gasteiger partial charge in [0.1, 0.15) is 11.6 Å². The Kier molecular flexibility index (Phi) is 4.61. The molecule has 1 aromatic rings. The summed E-state index contributed by atoms with van der Waals surface area (Å²) in [6.07, 6.45) is 3.99. The summed E-state index contributed by atoms with van der Waals surface area (Å²) in [6, 6.07) is 4.40. The van der Waals surface area contributed by atoms with Gasteiger partial charge in [-0.05, 0) is 36.7 Å². The Hall–Kier alpha value is -1.06. The van der Waals surface area contributed by atoms with Crippen molar-refractivity contribution in [3.05, 3.63) is 46.4 Å². The van der Waals surface area contributed by atoms with Crippen molar-refractivity contribution in [1.82, 2.24) is 5.32 Å². The summed E-state index contributed by atoms with van der Waals surface area (Å²) >= 11 is 6.12. The molecule has 0 aromatic heterocycles. The van der Waals surface area contributed by atoms with E-state index in [9.17, 15) is 4.39 Å². The molecule has 98 valence electrons.